The van der Waals surface area contributed by atoms with Gasteiger partial charge < -0.3 is 5.73 Å². The fourth-order valence-electron chi connectivity index (χ4n) is 3.26. The first-order chi connectivity index (χ1) is 12.2. The molecule has 2 heterocycles. The molecule has 8 heteroatoms. The molecule has 1 aliphatic heterocycles. The number of thiazole rings is 1. The van der Waals surface area contributed by atoms with Crippen LogP contribution >= 0.6 is 11.3 Å². The summed E-state index contributed by atoms with van der Waals surface area (Å²) in [5, 5.41) is 2.81. The molecule has 1 aromatic heterocycles. The average molecular weight is 394 g/mol. The van der Waals surface area contributed by atoms with E-state index < -0.39 is 15.4 Å². The highest BCUT2D eigenvalue weighted by molar-refractivity contribution is 7.90. The molecule has 0 bridgehead atoms. The Bertz CT molecular complexity index is 906. The van der Waals surface area contributed by atoms with Gasteiger partial charge in [-0.3, -0.25) is 9.69 Å². The third-order valence-electron chi connectivity index (χ3n) is 5.00. The number of rotatable bonds is 5. The normalized spacial score (nSPS) is 21.6. The molecule has 1 aliphatic rings. The number of nitrogens with two attached hydrogens (primary N) is 1. The number of sulfone groups is 1. The second-order valence-corrected chi connectivity index (χ2v) is 9.83. The molecule has 1 aromatic carbocycles. The Morgan fingerprint density at radius 1 is 1.31 bits per heavy atom. The van der Waals surface area contributed by atoms with Gasteiger partial charge in [0.1, 0.15) is 5.01 Å². The van der Waals surface area contributed by atoms with Crippen LogP contribution < -0.4 is 5.73 Å². The van der Waals surface area contributed by atoms with E-state index in [-0.39, 0.29) is 5.91 Å². The Hall–Kier alpha value is -1.77. The molecular weight excluding hydrogens is 370 g/mol. The van der Waals surface area contributed by atoms with E-state index in [9.17, 15) is 13.2 Å². The van der Waals surface area contributed by atoms with Gasteiger partial charge in [0.05, 0.1) is 16.1 Å². The molecule has 1 atom stereocenters. The van der Waals surface area contributed by atoms with Crippen molar-refractivity contribution in [3.63, 3.8) is 0 Å². The van der Waals surface area contributed by atoms with Crippen molar-refractivity contribution in [3.8, 4) is 10.6 Å². The summed E-state index contributed by atoms with van der Waals surface area (Å²) in [4.78, 5) is 19.0. The molecule has 0 radical (unpaired) electrons. The second kappa shape index (κ2) is 7.09. The van der Waals surface area contributed by atoms with Gasteiger partial charge in [-0.25, -0.2) is 13.4 Å². The predicted molar refractivity (Wildman–Crippen MR) is 103 cm³/mol. The number of nitrogens with zero attached hydrogens (tertiary/aromatic N) is 2. The zero-order chi connectivity index (χ0) is 18.9. The van der Waals surface area contributed by atoms with E-state index in [1.54, 1.807) is 24.3 Å². The van der Waals surface area contributed by atoms with Gasteiger partial charge in [0.25, 0.3) is 0 Å². The number of primary amides is 1. The van der Waals surface area contributed by atoms with Crippen LogP contribution in [0.5, 0.6) is 0 Å². The van der Waals surface area contributed by atoms with Crippen molar-refractivity contribution < 1.29 is 13.2 Å². The first-order valence-corrected chi connectivity index (χ1v) is 11.3. The van der Waals surface area contributed by atoms with Crippen LogP contribution in [0.1, 0.15) is 31.9 Å². The van der Waals surface area contributed by atoms with E-state index in [0.29, 0.717) is 11.4 Å². The van der Waals surface area contributed by atoms with E-state index in [1.165, 1.54) is 17.6 Å². The SMILES string of the molecule is C[C@@]1(C(N)=O)CCCCN1Cc1csc(-c2ccc(S(C)(=O)=O)cc2)n1. The summed E-state index contributed by atoms with van der Waals surface area (Å²) >= 11 is 1.51. The van der Waals surface area contributed by atoms with Gasteiger partial charge in [-0.05, 0) is 44.9 Å². The van der Waals surface area contributed by atoms with Crippen molar-refractivity contribution in [2.75, 3.05) is 12.8 Å². The first kappa shape index (κ1) is 19.0. The van der Waals surface area contributed by atoms with Crippen LogP contribution in [-0.2, 0) is 21.2 Å². The Morgan fingerprint density at radius 2 is 2.00 bits per heavy atom. The van der Waals surface area contributed by atoms with E-state index in [4.69, 9.17) is 5.73 Å². The topological polar surface area (TPSA) is 93.4 Å². The molecule has 0 aliphatic carbocycles. The number of hydrogen-bond acceptors (Lipinski definition) is 6. The van der Waals surface area contributed by atoms with Gasteiger partial charge in [0, 0.05) is 23.7 Å². The highest BCUT2D eigenvalue weighted by Gasteiger charge is 2.39. The van der Waals surface area contributed by atoms with Crippen molar-refractivity contribution in [3.05, 3.63) is 35.3 Å². The minimum Gasteiger partial charge on any atom is -0.368 e. The molecule has 26 heavy (non-hydrogen) atoms. The Kier molecular flexibility index (Phi) is 5.18. The van der Waals surface area contributed by atoms with E-state index in [0.717, 1.165) is 42.1 Å². The molecule has 1 fully saturated rings. The summed E-state index contributed by atoms with van der Waals surface area (Å²) in [6.45, 7) is 3.32. The maximum Gasteiger partial charge on any atom is 0.237 e. The highest BCUT2D eigenvalue weighted by atomic mass is 32.2. The fourth-order valence-corrected chi connectivity index (χ4v) is 4.71. The Labute approximate surface area is 158 Å². The van der Waals surface area contributed by atoms with Crippen molar-refractivity contribution in [1.82, 2.24) is 9.88 Å². The van der Waals surface area contributed by atoms with E-state index in [2.05, 4.69) is 9.88 Å². The van der Waals surface area contributed by atoms with Gasteiger partial charge in [0.15, 0.2) is 9.84 Å². The third-order valence-corrected chi connectivity index (χ3v) is 7.07. The predicted octanol–water partition coefficient (Wildman–Crippen LogP) is 2.44. The average Bonchev–Trinajstić information content (AvgIpc) is 3.05. The van der Waals surface area contributed by atoms with Gasteiger partial charge in [-0.15, -0.1) is 11.3 Å². The molecule has 0 saturated carbocycles. The summed E-state index contributed by atoms with van der Waals surface area (Å²) in [7, 11) is -3.20. The molecule has 2 N–H and O–H groups in total. The number of carbonyl (C=O) groups is 1. The van der Waals surface area contributed by atoms with Crippen LogP contribution in [0.3, 0.4) is 0 Å². The van der Waals surface area contributed by atoms with Crippen LogP contribution in [0.15, 0.2) is 34.5 Å². The van der Waals surface area contributed by atoms with Crippen LogP contribution in [0.2, 0.25) is 0 Å². The molecular formula is C18H23N3O3S2. The molecule has 140 valence electrons. The van der Waals surface area contributed by atoms with Gasteiger partial charge in [0.2, 0.25) is 5.91 Å². The highest BCUT2D eigenvalue weighted by Crippen LogP contribution is 2.31. The maximum atomic E-state index is 11.9. The van der Waals surface area contributed by atoms with Gasteiger partial charge in [-0.2, -0.15) is 0 Å². The molecule has 1 amide bonds. The number of benzene rings is 1. The lowest BCUT2D eigenvalue weighted by molar-refractivity contribution is -0.132. The number of piperidine rings is 1. The quantitative estimate of drug-likeness (QED) is 0.842. The van der Waals surface area contributed by atoms with Crippen molar-refractivity contribution in [1.29, 1.82) is 0 Å². The summed E-state index contributed by atoms with van der Waals surface area (Å²) in [5.41, 5.74) is 6.79. The van der Waals surface area contributed by atoms with Crippen LogP contribution in [0.4, 0.5) is 0 Å². The summed E-state index contributed by atoms with van der Waals surface area (Å²) in [6, 6.07) is 6.74. The third kappa shape index (κ3) is 3.82. The largest absolute Gasteiger partial charge is 0.368 e. The summed E-state index contributed by atoms with van der Waals surface area (Å²) in [5.74, 6) is -0.288. The smallest absolute Gasteiger partial charge is 0.237 e. The minimum absolute atomic E-state index is 0.288. The van der Waals surface area contributed by atoms with Gasteiger partial charge >= 0.3 is 0 Å². The minimum atomic E-state index is -3.20. The molecule has 0 spiro atoms. The molecule has 1 saturated heterocycles. The fraction of sp³-hybridized carbons (Fsp3) is 0.444. The molecule has 6 nitrogen and oxygen atoms in total. The molecule has 3 rings (SSSR count). The van der Waals surface area contributed by atoms with E-state index in [1.807, 2.05) is 12.3 Å². The standard InChI is InChI=1S/C18H23N3O3S2/c1-18(17(19)22)9-3-4-10-21(18)11-14-12-25-16(20-14)13-5-7-15(8-6-13)26(2,23)24/h5-8,12H,3-4,9-11H2,1-2H3,(H2,19,22)/t18-/m0/s1. The zero-order valence-electron chi connectivity index (χ0n) is 14.9. The second-order valence-electron chi connectivity index (χ2n) is 6.96. The van der Waals surface area contributed by atoms with Crippen LogP contribution in [0, 0.1) is 0 Å². The summed E-state index contributed by atoms with van der Waals surface area (Å²) < 4.78 is 23.1. The Balaban J connectivity index is 1.78. The number of likely N-dealkylation sites (tertiary alicyclic amines) is 1. The van der Waals surface area contributed by atoms with Crippen molar-refractivity contribution in [2.45, 2.75) is 43.2 Å². The van der Waals surface area contributed by atoms with E-state index >= 15 is 0 Å². The molecule has 2 aromatic rings. The number of aromatic nitrogens is 1. The first-order valence-electron chi connectivity index (χ1n) is 8.50. The summed E-state index contributed by atoms with van der Waals surface area (Å²) in [6.07, 6.45) is 4.02. The zero-order valence-corrected chi connectivity index (χ0v) is 16.6. The van der Waals surface area contributed by atoms with Crippen molar-refractivity contribution in [2.24, 2.45) is 5.73 Å². The van der Waals surface area contributed by atoms with Gasteiger partial charge in [-0.1, -0.05) is 12.1 Å². The monoisotopic (exact) mass is 393 g/mol. The maximum absolute atomic E-state index is 11.9. The van der Waals surface area contributed by atoms with Crippen LogP contribution in [-0.4, -0.2) is 42.5 Å². The van der Waals surface area contributed by atoms with Crippen LogP contribution in [0.25, 0.3) is 10.6 Å². The number of hydrogen-bond donors (Lipinski definition) is 1. The lowest BCUT2D eigenvalue weighted by Crippen LogP contribution is -2.57. The van der Waals surface area contributed by atoms with Crippen molar-refractivity contribution >= 4 is 27.1 Å². The number of carbonyl (C=O) groups excluding carboxylic acids is 1. The lowest BCUT2D eigenvalue weighted by Gasteiger charge is -2.42. The number of amides is 1. The lowest BCUT2D eigenvalue weighted by atomic mass is 9.87. The molecule has 0 unspecified atom stereocenters. The Morgan fingerprint density at radius 3 is 2.62 bits per heavy atom.